The molecule has 3 nitrogen and oxygen atoms in total. The molecule has 76 valence electrons. The van der Waals surface area contributed by atoms with Gasteiger partial charge in [-0.05, 0) is 20.3 Å². The van der Waals surface area contributed by atoms with Gasteiger partial charge in [-0.3, -0.25) is 0 Å². The highest BCUT2D eigenvalue weighted by atomic mass is 28.2. The molecule has 13 heavy (non-hydrogen) atoms. The molecule has 0 aromatic heterocycles. The summed E-state index contributed by atoms with van der Waals surface area (Å²) in [6.45, 7) is 9.29. The lowest BCUT2D eigenvalue weighted by atomic mass is 10.5. The first-order valence-electron chi connectivity index (χ1n) is 4.54. The molecule has 0 heterocycles. The Balaban J connectivity index is 3.75. The quantitative estimate of drug-likeness (QED) is 0.365. The van der Waals surface area contributed by atoms with Crippen molar-refractivity contribution in [2.75, 3.05) is 0 Å². The molecule has 0 aromatic rings. The van der Waals surface area contributed by atoms with E-state index in [9.17, 15) is 4.79 Å². The molecule has 0 fully saturated rings. The van der Waals surface area contributed by atoms with Crippen molar-refractivity contribution in [1.29, 1.82) is 0 Å². The lowest BCUT2D eigenvalue weighted by Crippen LogP contribution is -2.26. The molecule has 0 spiro atoms. The Bertz CT molecular complexity index is 168. The molecule has 0 N–H and O–H groups in total. The van der Waals surface area contributed by atoms with Gasteiger partial charge in [0.1, 0.15) is 5.73 Å². The van der Waals surface area contributed by atoms with Gasteiger partial charge in [0.2, 0.25) is 9.76 Å². The topological polar surface area (TPSA) is 35.5 Å². The lowest BCUT2D eigenvalue weighted by Gasteiger charge is -2.16. The van der Waals surface area contributed by atoms with E-state index in [1.807, 2.05) is 20.8 Å². The average molecular weight is 202 g/mol. The highest BCUT2D eigenvalue weighted by molar-refractivity contribution is 6.29. The number of carbonyl (C=O) groups excluding carboxylic acids is 1. The zero-order valence-electron chi connectivity index (χ0n) is 8.58. The van der Waals surface area contributed by atoms with Gasteiger partial charge in [-0.1, -0.05) is 13.5 Å². The molecule has 0 saturated carbocycles. The van der Waals surface area contributed by atoms with Gasteiger partial charge in [-0.15, -0.1) is 0 Å². The predicted octanol–water partition coefficient (Wildman–Crippen LogP) is 0.961. The summed E-state index contributed by atoms with van der Waals surface area (Å²) in [6.07, 6.45) is 2.23. The van der Waals surface area contributed by atoms with Crippen molar-refractivity contribution in [3.05, 3.63) is 12.7 Å². The van der Waals surface area contributed by atoms with Crippen LogP contribution >= 0.6 is 0 Å². The number of hydrogen-bond donors (Lipinski definition) is 0. The van der Waals surface area contributed by atoms with Gasteiger partial charge in [-0.25, -0.2) is 4.79 Å². The molecular weight excluding hydrogens is 184 g/mol. The van der Waals surface area contributed by atoms with Crippen LogP contribution in [0.3, 0.4) is 0 Å². The molecule has 4 heteroatoms. The molecule has 1 atom stereocenters. The molecular formula is C9H18O3Si. The van der Waals surface area contributed by atoms with E-state index in [1.54, 1.807) is 0 Å². The van der Waals surface area contributed by atoms with Crippen molar-refractivity contribution in [2.24, 2.45) is 0 Å². The molecule has 0 amide bonds. The Labute approximate surface area is 82.1 Å². The third-order valence-corrected chi connectivity index (χ3v) is 3.50. The lowest BCUT2D eigenvalue weighted by molar-refractivity contribution is -0.140. The van der Waals surface area contributed by atoms with Crippen LogP contribution in [0, 0.1) is 0 Å². The molecule has 0 rings (SSSR count). The first-order valence-corrected chi connectivity index (χ1v) is 5.94. The molecule has 0 bridgehead atoms. The summed E-state index contributed by atoms with van der Waals surface area (Å²) in [6, 6.07) is 0. The van der Waals surface area contributed by atoms with Crippen LogP contribution in [0.4, 0.5) is 0 Å². The van der Waals surface area contributed by atoms with Crippen molar-refractivity contribution >= 4 is 15.7 Å². The maximum Gasteiger partial charge on any atom is 0.330 e. The van der Waals surface area contributed by atoms with E-state index in [2.05, 4.69) is 6.58 Å². The van der Waals surface area contributed by atoms with Crippen LogP contribution in [-0.2, 0) is 14.0 Å². The molecule has 0 aliphatic rings. The van der Waals surface area contributed by atoms with Crippen molar-refractivity contribution in [3.8, 4) is 0 Å². The van der Waals surface area contributed by atoms with Crippen molar-refractivity contribution < 1.29 is 14.0 Å². The summed E-state index contributed by atoms with van der Waals surface area (Å²) in [7, 11) is -0.765. The molecule has 0 aromatic carbocycles. The highest BCUT2D eigenvalue weighted by Crippen LogP contribution is 1.99. The van der Waals surface area contributed by atoms with Crippen molar-refractivity contribution in [2.45, 2.75) is 39.0 Å². The van der Waals surface area contributed by atoms with Crippen LogP contribution < -0.4 is 0 Å². The van der Waals surface area contributed by atoms with E-state index in [0.717, 1.165) is 6.42 Å². The summed E-state index contributed by atoms with van der Waals surface area (Å²) in [5.74, 6) is -0.355. The van der Waals surface area contributed by atoms with Crippen LogP contribution in [0.1, 0.15) is 27.2 Å². The summed E-state index contributed by atoms with van der Waals surface area (Å²) in [5.41, 5.74) is -0.0205. The predicted molar refractivity (Wildman–Crippen MR) is 55.1 cm³/mol. The van der Waals surface area contributed by atoms with Crippen LogP contribution in [0.15, 0.2) is 12.7 Å². The van der Waals surface area contributed by atoms with E-state index in [0.29, 0.717) is 0 Å². The van der Waals surface area contributed by atoms with Crippen LogP contribution in [-0.4, -0.2) is 27.6 Å². The summed E-state index contributed by atoms with van der Waals surface area (Å²) < 4.78 is 10.5. The first-order chi connectivity index (χ1) is 6.10. The number of esters is 1. The monoisotopic (exact) mass is 202 g/mol. The summed E-state index contributed by atoms with van der Waals surface area (Å²) in [4.78, 5) is 10.9. The normalized spacial score (nSPS) is 13.5. The maximum atomic E-state index is 10.9. The van der Waals surface area contributed by atoms with E-state index in [-0.39, 0.29) is 17.8 Å². The van der Waals surface area contributed by atoms with Gasteiger partial charge in [0.25, 0.3) is 0 Å². The van der Waals surface area contributed by atoms with Crippen molar-refractivity contribution in [3.63, 3.8) is 0 Å². The van der Waals surface area contributed by atoms with Gasteiger partial charge in [0, 0.05) is 12.2 Å². The second-order valence-electron chi connectivity index (χ2n) is 3.05. The minimum Gasteiger partial charge on any atom is -0.461 e. The standard InChI is InChI=1S/C9H18O3Si/c1-5-8(10)11-9(6-2)13-12-7(3)4/h5,7,9H,1,6,13H2,2-4H3. The van der Waals surface area contributed by atoms with Gasteiger partial charge in [-0.2, -0.15) is 0 Å². The fraction of sp³-hybridized carbons (Fsp3) is 0.667. The zero-order chi connectivity index (χ0) is 10.3. The molecule has 0 aliphatic carbocycles. The van der Waals surface area contributed by atoms with Gasteiger partial charge in [0.15, 0.2) is 0 Å². The van der Waals surface area contributed by atoms with Gasteiger partial charge in [0.05, 0.1) is 0 Å². The molecule has 0 radical (unpaired) electrons. The third kappa shape index (κ3) is 6.54. The Morgan fingerprint density at radius 3 is 2.62 bits per heavy atom. The Hall–Kier alpha value is -0.613. The third-order valence-electron chi connectivity index (χ3n) is 1.52. The van der Waals surface area contributed by atoms with E-state index >= 15 is 0 Å². The second-order valence-corrected chi connectivity index (χ2v) is 4.63. The average Bonchev–Trinajstić information content (AvgIpc) is 2.11. The Kier molecular flexibility index (Phi) is 6.53. The van der Waals surface area contributed by atoms with Crippen molar-refractivity contribution in [1.82, 2.24) is 0 Å². The van der Waals surface area contributed by atoms with Crippen LogP contribution in [0.25, 0.3) is 0 Å². The largest absolute Gasteiger partial charge is 0.461 e. The first kappa shape index (κ1) is 12.4. The smallest absolute Gasteiger partial charge is 0.330 e. The number of hydrogen-bond acceptors (Lipinski definition) is 3. The Morgan fingerprint density at radius 2 is 2.23 bits per heavy atom. The summed E-state index contributed by atoms with van der Waals surface area (Å²) in [5, 5.41) is 0. The highest BCUT2D eigenvalue weighted by Gasteiger charge is 2.12. The maximum absolute atomic E-state index is 10.9. The number of rotatable bonds is 6. The Morgan fingerprint density at radius 1 is 1.62 bits per heavy atom. The van der Waals surface area contributed by atoms with Gasteiger partial charge < -0.3 is 9.16 Å². The molecule has 0 aliphatic heterocycles. The van der Waals surface area contributed by atoms with E-state index in [1.165, 1.54) is 6.08 Å². The fourth-order valence-electron chi connectivity index (χ4n) is 0.747. The van der Waals surface area contributed by atoms with Crippen LogP contribution in [0.2, 0.25) is 0 Å². The van der Waals surface area contributed by atoms with Crippen LogP contribution in [0.5, 0.6) is 0 Å². The fourth-order valence-corrected chi connectivity index (χ4v) is 1.81. The van der Waals surface area contributed by atoms with E-state index in [4.69, 9.17) is 9.16 Å². The second kappa shape index (κ2) is 6.86. The SMILES string of the molecule is C=CC(=O)OC(CC)[SiH2]OC(C)C. The van der Waals surface area contributed by atoms with E-state index < -0.39 is 9.76 Å². The minimum atomic E-state index is -0.765. The number of carbonyl (C=O) groups is 1. The summed E-state index contributed by atoms with van der Waals surface area (Å²) >= 11 is 0. The number of ether oxygens (including phenoxy) is 1. The molecule has 0 saturated heterocycles. The van der Waals surface area contributed by atoms with Gasteiger partial charge >= 0.3 is 5.97 Å². The zero-order valence-corrected chi connectivity index (χ0v) is 9.99. The minimum absolute atomic E-state index is 0.0205. The molecule has 1 unspecified atom stereocenters.